The highest BCUT2D eigenvalue weighted by Crippen LogP contribution is 2.45. The summed E-state index contributed by atoms with van der Waals surface area (Å²) in [5.41, 5.74) is 8.94. The number of fused-ring (bicyclic) bond motifs is 2. The Bertz CT molecular complexity index is 603. The minimum atomic E-state index is -0.0695. The number of amides is 2. The second kappa shape index (κ2) is 4.58. The van der Waals surface area contributed by atoms with E-state index in [0.717, 1.165) is 49.8 Å². The minimum absolute atomic E-state index is 0.0448. The molecule has 1 saturated heterocycles. The van der Waals surface area contributed by atoms with Crippen LogP contribution in [-0.4, -0.2) is 16.7 Å². The van der Waals surface area contributed by atoms with Crippen molar-refractivity contribution in [1.29, 1.82) is 0 Å². The van der Waals surface area contributed by atoms with E-state index in [4.69, 9.17) is 5.73 Å². The smallest absolute Gasteiger partial charge is 0.233 e. The number of nitrogen functional groups attached to an aromatic ring is 1. The van der Waals surface area contributed by atoms with E-state index in [9.17, 15) is 9.59 Å². The van der Waals surface area contributed by atoms with E-state index in [1.165, 1.54) is 5.56 Å². The van der Waals surface area contributed by atoms with Gasteiger partial charge in [-0.15, -0.1) is 0 Å². The number of hydrogen-bond acceptors (Lipinski definition) is 3. The lowest BCUT2D eigenvalue weighted by Gasteiger charge is -2.32. The first kappa shape index (κ1) is 12.9. The molecule has 1 aromatic carbocycles. The van der Waals surface area contributed by atoms with Crippen LogP contribution in [0.2, 0.25) is 0 Å². The summed E-state index contributed by atoms with van der Waals surface area (Å²) in [6.45, 7) is 0. The average molecular weight is 284 g/mol. The summed E-state index contributed by atoms with van der Waals surface area (Å²) in [4.78, 5) is 26.9. The molecule has 1 aromatic rings. The normalized spacial score (nSPS) is 31.4. The summed E-state index contributed by atoms with van der Waals surface area (Å²) in [6.07, 6.45) is 5.65. The lowest BCUT2D eigenvalue weighted by Crippen LogP contribution is -2.37. The highest BCUT2D eigenvalue weighted by molar-refractivity contribution is 6.05. The Labute approximate surface area is 124 Å². The van der Waals surface area contributed by atoms with Crippen molar-refractivity contribution in [2.24, 2.45) is 11.8 Å². The highest BCUT2D eigenvalue weighted by Gasteiger charge is 2.52. The number of nitrogens with zero attached hydrogens (tertiary/aromatic N) is 1. The second-order valence-electron chi connectivity index (χ2n) is 6.56. The Balaban J connectivity index is 1.72. The van der Waals surface area contributed by atoms with Crippen molar-refractivity contribution in [1.82, 2.24) is 4.90 Å². The van der Waals surface area contributed by atoms with E-state index in [0.29, 0.717) is 0 Å². The maximum atomic E-state index is 12.7. The number of carbonyl (C=O) groups is 2. The summed E-state index contributed by atoms with van der Waals surface area (Å²) in [6, 6.07) is 5.81. The predicted molar refractivity (Wildman–Crippen MR) is 79.2 cm³/mol. The van der Waals surface area contributed by atoms with Gasteiger partial charge in [-0.05, 0) is 55.4 Å². The fraction of sp³-hybridized carbons (Fsp3) is 0.529. The molecule has 0 radical (unpaired) electrons. The van der Waals surface area contributed by atoms with Crippen LogP contribution in [0.4, 0.5) is 5.69 Å². The molecular formula is C17H20N2O2. The van der Waals surface area contributed by atoms with Crippen LogP contribution in [-0.2, 0) is 16.0 Å². The first-order valence-electron chi connectivity index (χ1n) is 7.92. The molecule has 0 aromatic heterocycles. The van der Waals surface area contributed by atoms with Gasteiger partial charge in [-0.2, -0.15) is 0 Å². The minimum Gasteiger partial charge on any atom is -0.399 e. The van der Waals surface area contributed by atoms with Gasteiger partial charge in [0.1, 0.15) is 0 Å². The van der Waals surface area contributed by atoms with Crippen molar-refractivity contribution in [2.45, 2.75) is 44.6 Å². The molecule has 1 aliphatic heterocycles. The van der Waals surface area contributed by atoms with Gasteiger partial charge in [0.2, 0.25) is 11.8 Å². The van der Waals surface area contributed by atoms with Crippen LogP contribution in [0.5, 0.6) is 0 Å². The van der Waals surface area contributed by atoms with Crippen molar-refractivity contribution in [3.63, 3.8) is 0 Å². The third-order valence-corrected chi connectivity index (χ3v) is 5.39. The third-order valence-electron chi connectivity index (χ3n) is 5.39. The SMILES string of the molecule is Nc1ccc2c(c1)CCCC2N1C(=O)C2CCCC2C1=O. The van der Waals surface area contributed by atoms with E-state index in [2.05, 4.69) is 0 Å². The van der Waals surface area contributed by atoms with Crippen LogP contribution in [0.25, 0.3) is 0 Å². The molecule has 3 aliphatic rings. The molecule has 2 amide bonds. The van der Waals surface area contributed by atoms with Crippen LogP contribution in [0, 0.1) is 11.8 Å². The number of rotatable bonds is 1. The summed E-state index contributed by atoms with van der Waals surface area (Å²) < 4.78 is 0. The number of imide groups is 1. The van der Waals surface area contributed by atoms with E-state index in [1.807, 2.05) is 18.2 Å². The van der Waals surface area contributed by atoms with Gasteiger partial charge >= 0.3 is 0 Å². The molecule has 1 saturated carbocycles. The molecule has 110 valence electrons. The third kappa shape index (κ3) is 1.81. The van der Waals surface area contributed by atoms with E-state index in [-0.39, 0.29) is 29.7 Å². The van der Waals surface area contributed by atoms with Gasteiger partial charge in [-0.3, -0.25) is 14.5 Å². The molecule has 21 heavy (non-hydrogen) atoms. The van der Waals surface area contributed by atoms with Gasteiger partial charge in [-0.1, -0.05) is 12.5 Å². The molecule has 0 bridgehead atoms. The van der Waals surface area contributed by atoms with Gasteiger partial charge in [-0.25, -0.2) is 0 Å². The van der Waals surface area contributed by atoms with Gasteiger partial charge in [0.05, 0.1) is 17.9 Å². The molecule has 3 unspecified atom stereocenters. The Morgan fingerprint density at radius 3 is 2.43 bits per heavy atom. The Kier molecular flexibility index (Phi) is 2.81. The molecule has 4 heteroatoms. The first-order valence-corrected chi connectivity index (χ1v) is 7.92. The summed E-state index contributed by atoms with van der Waals surface area (Å²) in [7, 11) is 0. The Morgan fingerprint density at radius 1 is 1.00 bits per heavy atom. The van der Waals surface area contributed by atoms with Crippen LogP contribution < -0.4 is 5.73 Å². The molecular weight excluding hydrogens is 264 g/mol. The van der Waals surface area contributed by atoms with Crippen molar-refractivity contribution < 1.29 is 9.59 Å². The van der Waals surface area contributed by atoms with Crippen LogP contribution in [0.15, 0.2) is 18.2 Å². The van der Waals surface area contributed by atoms with E-state index in [1.54, 1.807) is 4.90 Å². The molecule has 4 nitrogen and oxygen atoms in total. The molecule has 2 N–H and O–H groups in total. The monoisotopic (exact) mass is 284 g/mol. The zero-order valence-corrected chi connectivity index (χ0v) is 12.0. The summed E-state index contributed by atoms with van der Waals surface area (Å²) in [5.74, 6) is 0.0441. The van der Waals surface area contributed by atoms with Gasteiger partial charge < -0.3 is 5.73 Å². The summed E-state index contributed by atoms with van der Waals surface area (Å²) >= 11 is 0. The number of carbonyl (C=O) groups excluding carboxylic acids is 2. The zero-order chi connectivity index (χ0) is 14.6. The molecule has 0 spiro atoms. The van der Waals surface area contributed by atoms with E-state index < -0.39 is 0 Å². The number of anilines is 1. The molecule has 2 fully saturated rings. The van der Waals surface area contributed by atoms with Gasteiger partial charge in [0, 0.05) is 5.69 Å². The quantitative estimate of drug-likeness (QED) is 0.636. The van der Waals surface area contributed by atoms with E-state index >= 15 is 0 Å². The number of aryl methyl sites for hydroxylation is 1. The number of benzene rings is 1. The number of hydrogen-bond donors (Lipinski definition) is 1. The molecule has 4 rings (SSSR count). The lowest BCUT2D eigenvalue weighted by molar-refractivity contribution is -0.143. The van der Waals surface area contributed by atoms with Gasteiger partial charge in [0.25, 0.3) is 0 Å². The second-order valence-corrected chi connectivity index (χ2v) is 6.56. The maximum absolute atomic E-state index is 12.7. The topological polar surface area (TPSA) is 63.4 Å². The molecule has 2 aliphatic carbocycles. The predicted octanol–water partition coefficient (Wildman–Crippen LogP) is 2.43. The van der Waals surface area contributed by atoms with Crippen molar-refractivity contribution in [3.8, 4) is 0 Å². The molecule has 1 heterocycles. The van der Waals surface area contributed by atoms with Crippen LogP contribution in [0.3, 0.4) is 0 Å². The van der Waals surface area contributed by atoms with Gasteiger partial charge in [0.15, 0.2) is 0 Å². The summed E-state index contributed by atoms with van der Waals surface area (Å²) in [5, 5.41) is 0. The van der Waals surface area contributed by atoms with Crippen molar-refractivity contribution in [3.05, 3.63) is 29.3 Å². The molecule has 3 atom stereocenters. The number of nitrogens with two attached hydrogens (primary N) is 1. The maximum Gasteiger partial charge on any atom is 0.233 e. The Morgan fingerprint density at radius 2 is 1.71 bits per heavy atom. The van der Waals surface area contributed by atoms with Crippen LogP contribution in [0.1, 0.15) is 49.3 Å². The van der Waals surface area contributed by atoms with Crippen molar-refractivity contribution in [2.75, 3.05) is 5.73 Å². The first-order chi connectivity index (χ1) is 10.2. The Hall–Kier alpha value is -1.84. The highest BCUT2D eigenvalue weighted by atomic mass is 16.2. The largest absolute Gasteiger partial charge is 0.399 e. The van der Waals surface area contributed by atoms with Crippen LogP contribution >= 0.6 is 0 Å². The average Bonchev–Trinajstić information content (AvgIpc) is 3.03. The zero-order valence-electron chi connectivity index (χ0n) is 12.0. The standard InChI is InChI=1S/C17H20N2O2/c18-11-7-8-12-10(9-11)3-1-6-15(12)19-16(20)13-4-2-5-14(13)17(19)21/h7-9,13-15H,1-6,18H2. The lowest BCUT2D eigenvalue weighted by atomic mass is 9.86. The van der Waals surface area contributed by atoms with Crippen molar-refractivity contribution >= 4 is 17.5 Å². The number of likely N-dealkylation sites (tertiary alicyclic amines) is 1. The fourth-order valence-electron chi connectivity index (χ4n) is 4.40. The fourth-order valence-corrected chi connectivity index (χ4v) is 4.40.